The van der Waals surface area contributed by atoms with Crippen molar-refractivity contribution in [2.45, 2.75) is 44.9 Å². The fourth-order valence-electron chi connectivity index (χ4n) is 4.14. The minimum atomic E-state index is -0.0379. The van der Waals surface area contributed by atoms with E-state index in [1.165, 1.54) is 0 Å². The third-order valence-electron chi connectivity index (χ3n) is 5.48. The Labute approximate surface area is 153 Å². The summed E-state index contributed by atoms with van der Waals surface area (Å²) in [7, 11) is 0. The highest BCUT2D eigenvalue weighted by Crippen LogP contribution is 2.29. The quantitative estimate of drug-likeness (QED) is 0.921. The average molecular weight is 351 g/mol. The van der Waals surface area contributed by atoms with Crippen LogP contribution in [0.2, 0.25) is 0 Å². The molecule has 0 spiro atoms. The van der Waals surface area contributed by atoms with Crippen molar-refractivity contribution in [1.29, 1.82) is 0 Å². The maximum absolute atomic E-state index is 13.0. The van der Waals surface area contributed by atoms with Gasteiger partial charge in [-0.2, -0.15) is 0 Å². The number of hydrogen-bond acceptors (Lipinski definition) is 3. The van der Waals surface area contributed by atoms with Crippen molar-refractivity contribution in [2.75, 3.05) is 19.6 Å². The lowest BCUT2D eigenvalue weighted by atomic mass is 10.0. The number of nitrogens with zero attached hydrogens (tertiary/aromatic N) is 2. The summed E-state index contributed by atoms with van der Waals surface area (Å²) in [5, 5.41) is 3.98. The molecule has 1 saturated heterocycles. The fraction of sp³-hybridized carbons (Fsp3) is 0.476. The summed E-state index contributed by atoms with van der Waals surface area (Å²) >= 11 is 0. The van der Waals surface area contributed by atoms with Crippen LogP contribution in [-0.2, 0) is 17.6 Å². The molecular formula is C21H25N3O2. The van der Waals surface area contributed by atoms with Crippen molar-refractivity contribution in [3.05, 3.63) is 41.1 Å². The van der Waals surface area contributed by atoms with Gasteiger partial charge in [0.25, 0.3) is 5.91 Å². The van der Waals surface area contributed by atoms with Crippen molar-refractivity contribution in [3.8, 4) is 0 Å². The first kappa shape index (κ1) is 17.0. The lowest BCUT2D eigenvalue weighted by Gasteiger charge is -2.21. The third-order valence-corrected chi connectivity index (χ3v) is 5.48. The minimum Gasteiger partial charge on any atom is -0.350 e. The Bertz CT molecular complexity index is 847. The first-order valence-electron chi connectivity index (χ1n) is 9.70. The molecule has 1 aromatic carbocycles. The molecule has 0 radical (unpaired) electrons. The highest BCUT2D eigenvalue weighted by Gasteiger charge is 2.24. The predicted octanol–water partition coefficient (Wildman–Crippen LogP) is 2.86. The summed E-state index contributed by atoms with van der Waals surface area (Å²) in [6.07, 6.45) is 6.71. The van der Waals surface area contributed by atoms with E-state index >= 15 is 0 Å². The Kier molecular flexibility index (Phi) is 4.87. The number of carbonyl (C=O) groups excluding carboxylic acids is 2. The van der Waals surface area contributed by atoms with Gasteiger partial charge in [0.05, 0.1) is 11.1 Å². The van der Waals surface area contributed by atoms with Crippen LogP contribution in [0.25, 0.3) is 10.9 Å². The number of rotatable bonds is 4. The molecule has 2 heterocycles. The smallest absolute Gasteiger partial charge is 0.252 e. The van der Waals surface area contributed by atoms with E-state index in [1.54, 1.807) is 0 Å². The Hall–Kier alpha value is -2.43. The molecule has 26 heavy (non-hydrogen) atoms. The molecule has 2 aliphatic rings. The molecule has 0 atom stereocenters. The van der Waals surface area contributed by atoms with Crippen LogP contribution in [0.4, 0.5) is 0 Å². The molecule has 1 fully saturated rings. The number of nitrogens with one attached hydrogen (secondary N) is 1. The van der Waals surface area contributed by atoms with E-state index in [9.17, 15) is 9.59 Å². The second-order valence-corrected chi connectivity index (χ2v) is 7.23. The molecule has 1 aliphatic heterocycles. The molecule has 1 aliphatic carbocycles. The van der Waals surface area contributed by atoms with Crippen LogP contribution in [0.15, 0.2) is 24.3 Å². The predicted molar refractivity (Wildman–Crippen MR) is 101 cm³/mol. The van der Waals surface area contributed by atoms with E-state index in [0.717, 1.165) is 72.8 Å². The van der Waals surface area contributed by atoms with Crippen molar-refractivity contribution < 1.29 is 9.59 Å². The Morgan fingerprint density at radius 2 is 1.96 bits per heavy atom. The van der Waals surface area contributed by atoms with Crippen LogP contribution in [0.1, 0.15) is 53.7 Å². The zero-order valence-corrected chi connectivity index (χ0v) is 15.1. The summed E-state index contributed by atoms with van der Waals surface area (Å²) in [5.74, 6) is 0.177. The van der Waals surface area contributed by atoms with Gasteiger partial charge in [-0.25, -0.2) is 0 Å². The number of likely N-dealkylation sites (tertiary alicyclic amines) is 1. The highest BCUT2D eigenvalue weighted by atomic mass is 16.2. The number of pyridine rings is 1. The Balaban J connectivity index is 1.51. The summed E-state index contributed by atoms with van der Waals surface area (Å²) in [6.45, 7) is 1.90. The topological polar surface area (TPSA) is 62.3 Å². The van der Waals surface area contributed by atoms with E-state index in [-0.39, 0.29) is 11.8 Å². The van der Waals surface area contributed by atoms with Crippen LogP contribution in [0.3, 0.4) is 0 Å². The standard InChI is InChI=1S/C21H25N3O2/c25-19-11-2-1-5-13-24(19)14-12-22-21(26)20-15-7-3-4-9-17(15)23-18-10-6-8-16(18)20/h3-4,7,9H,1-2,5-6,8,10-14H2,(H,22,26). The van der Waals surface area contributed by atoms with Gasteiger partial charge in [0, 0.05) is 37.1 Å². The first-order chi connectivity index (χ1) is 12.7. The number of fused-ring (bicyclic) bond motifs is 2. The fourth-order valence-corrected chi connectivity index (χ4v) is 4.14. The molecule has 2 aromatic rings. The highest BCUT2D eigenvalue weighted by molar-refractivity contribution is 6.07. The van der Waals surface area contributed by atoms with Crippen LogP contribution in [-0.4, -0.2) is 41.3 Å². The van der Waals surface area contributed by atoms with Crippen molar-refractivity contribution in [2.24, 2.45) is 0 Å². The number of carbonyl (C=O) groups is 2. The normalized spacial score (nSPS) is 17.2. The first-order valence-corrected chi connectivity index (χ1v) is 9.70. The minimum absolute atomic E-state index is 0.0379. The van der Waals surface area contributed by atoms with Crippen LogP contribution >= 0.6 is 0 Å². The zero-order chi connectivity index (χ0) is 17.9. The average Bonchev–Trinajstić information content (AvgIpc) is 3.02. The SMILES string of the molecule is O=C(NCCN1CCCCCC1=O)c1c2c(nc3ccccc13)CCC2. The molecule has 5 heteroatoms. The van der Waals surface area contributed by atoms with E-state index in [2.05, 4.69) is 5.32 Å². The van der Waals surface area contributed by atoms with Crippen molar-refractivity contribution >= 4 is 22.7 Å². The summed E-state index contributed by atoms with van der Waals surface area (Å²) in [5.41, 5.74) is 3.84. The molecule has 0 saturated carbocycles. The maximum atomic E-state index is 13.0. The number of para-hydroxylation sites is 1. The molecule has 1 N–H and O–H groups in total. The van der Waals surface area contributed by atoms with Gasteiger partial charge in [-0.3, -0.25) is 14.6 Å². The van der Waals surface area contributed by atoms with Crippen LogP contribution in [0.5, 0.6) is 0 Å². The molecule has 136 valence electrons. The molecular weight excluding hydrogens is 326 g/mol. The van der Waals surface area contributed by atoms with Gasteiger partial charge in [0.15, 0.2) is 0 Å². The van der Waals surface area contributed by atoms with Gasteiger partial charge in [-0.1, -0.05) is 24.6 Å². The second kappa shape index (κ2) is 7.44. The lowest BCUT2D eigenvalue weighted by Crippen LogP contribution is -2.38. The molecule has 5 nitrogen and oxygen atoms in total. The largest absolute Gasteiger partial charge is 0.350 e. The lowest BCUT2D eigenvalue weighted by molar-refractivity contribution is -0.130. The number of hydrogen-bond donors (Lipinski definition) is 1. The number of aromatic nitrogens is 1. The number of benzene rings is 1. The van der Waals surface area contributed by atoms with Gasteiger partial charge >= 0.3 is 0 Å². The summed E-state index contributed by atoms with van der Waals surface area (Å²) < 4.78 is 0. The van der Waals surface area contributed by atoms with Gasteiger partial charge < -0.3 is 10.2 Å². The van der Waals surface area contributed by atoms with Crippen molar-refractivity contribution in [3.63, 3.8) is 0 Å². The molecule has 0 bridgehead atoms. The van der Waals surface area contributed by atoms with Crippen molar-refractivity contribution in [1.82, 2.24) is 15.2 Å². The van der Waals surface area contributed by atoms with Gasteiger partial charge in [-0.15, -0.1) is 0 Å². The third kappa shape index (κ3) is 3.30. The van der Waals surface area contributed by atoms with E-state index in [4.69, 9.17) is 4.98 Å². The van der Waals surface area contributed by atoms with Gasteiger partial charge in [0.1, 0.15) is 0 Å². The maximum Gasteiger partial charge on any atom is 0.252 e. The Morgan fingerprint density at radius 1 is 1.08 bits per heavy atom. The van der Waals surface area contributed by atoms with Crippen LogP contribution < -0.4 is 5.32 Å². The summed E-state index contributed by atoms with van der Waals surface area (Å²) in [4.78, 5) is 31.7. The second-order valence-electron chi connectivity index (χ2n) is 7.23. The molecule has 0 unspecified atom stereocenters. The molecule has 1 aromatic heterocycles. The van der Waals surface area contributed by atoms with Gasteiger partial charge in [-0.05, 0) is 43.7 Å². The van der Waals surface area contributed by atoms with E-state index in [0.29, 0.717) is 19.5 Å². The van der Waals surface area contributed by atoms with E-state index in [1.807, 2.05) is 29.2 Å². The van der Waals surface area contributed by atoms with Gasteiger partial charge in [0.2, 0.25) is 5.91 Å². The molecule has 2 amide bonds. The summed E-state index contributed by atoms with van der Waals surface area (Å²) in [6, 6.07) is 7.87. The Morgan fingerprint density at radius 3 is 2.88 bits per heavy atom. The van der Waals surface area contributed by atoms with Crippen LogP contribution in [0, 0.1) is 0 Å². The number of amides is 2. The zero-order valence-electron chi connectivity index (χ0n) is 15.1. The van der Waals surface area contributed by atoms with E-state index < -0.39 is 0 Å². The number of aryl methyl sites for hydroxylation is 1. The molecule has 4 rings (SSSR count). The monoisotopic (exact) mass is 351 g/mol.